The van der Waals surface area contributed by atoms with Gasteiger partial charge in [-0.1, -0.05) is 23.7 Å². The van der Waals surface area contributed by atoms with Gasteiger partial charge in [-0.05, 0) is 54.1 Å². The van der Waals surface area contributed by atoms with Crippen molar-refractivity contribution in [3.05, 3.63) is 88.8 Å². The van der Waals surface area contributed by atoms with Crippen LogP contribution < -0.4 is 5.32 Å². The molecule has 0 bridgehead atoms. The van der Waals surface area contributed by atoms with Crippen LogP contribution in [-0.4, -0.2) is 25.7 Å². The maximum absolute atomic E-state index is 12.6. The number of carbonyl (C=O) groups excluding carboxylic acids is 1. The molecule has 1 amide bonds. The maximum atomic E-state index is 12.6. The van der Waals surface area contributed by atoms with E-state index in [0.717, 1.165) is 5.56 Å². The van der Waals surface area contributed by atoms with Crippen LogP contribution in [-0.2, 0) is 23.1 Å². The van der Waals surface area contributed by atoms with Crippen LogP contribution in [0.25, 0.3) is 0 Å². The summed E-state index contributed by atoms with van der Waals surface area (Å²) in [5, 5.41) is 3.24. The first kappa shape index (κ1) is 20.1. The summed E-state index contributed by atoms with van der Waals surface area (Å²) in [4.78, 5) is 12.3. The van der Waals surface area contributed by atoms with Gasteiger partial charge in [-0.15, -0.1) is 0 Å². The van der Waals surface area contributed by atoms with E-state index >= 15 is 0 Å². The molecule has 0 saturated carbocycles. The molecule has 3 aromatic rings. The first-order chi connectivity index (χ1) is 13.4. The van der Waals surface area contributed by atoms with Gasteiger partial charge in [0.2, 0.25) is 10.0 Å². The van der Waals surface area contributed by atoms with Crippen LogP contribution in [0, 0.1) is 0 Å². The summed E-state index contributed by atoms with van der Waals surface area (Å²) in [6.07, 6.45) is 1.55. The van der Waals surface area contributed by atoms with E-state index in [0.29, 0.717) is 22.9 Å². The van der Waals surface area contributed by atoms with Crippen LogP contribution in [0.2, 0.25) is 5.02 Å². The topological polar surface area (TPSA) is 79.6 Å². The molecule has 0 fully saturated rings. The van der Waals surface area contributed by atoms with E-state index in [1.807, 2.05) is 0 Å². The molecule has 0 radical (unpaired) electrons. The fourth-order valence-electron chi connectivity index (χ4n) is 2.57. The van der Waals surface area contributed by atoms with Crippen LogP contribution >= 0.6 is 11.6 Å². The Morgan fingerprint density at radius 3 is 2.36 bits per heavy atom. The number of furan rings is 1. The van der Waals surface area contributed by atoms with Crippen molar-refractivity contribution in [2.45, 2.75) is 18.0 Å². The van der Waals surface area contributed by atoms with Gasteiger partial charge in [0.15, 0.2) is 0 Å². The van der Waals surface area contributed by atoms with Gasteiger partial charge < -0.3 is 9.73 Å². The van der Waals surface area contributed by atoms with Crippen LogP contribution in [0.3, 0.4) is 0 Å². The monoisotopic (exact) mass is 418 g/mol. The zero-order chi connectivity index (χ0) is 20.1. The smallest absolute Gasteiger partial charge is 0.251 e. The summed E-state index contributed by atoms with van der Waals surface area (Å²) in [6, 6.07) is 16.3. The standard InChI is InChI=1S/C20H19ClN2O4S/c1-23(28(25,26)19-10-8-17(21)9-11-19)14-15-4-6-16(7-5-15)20(24)22-13-18-3-2-12-27-18/h2-12H,13-14H2,1H3,(H,22,24). The second-order valence-electron chi connectivity index (χ2n) is 6.17. The Bertz CT molecular complexity index is 1030. The second-order valence-corrected chi connectivity index (χ2v) is 8.66. The number of rotatable bonds is 7. The lowest BCUT2D eigenvalue weighted by atomic mass is 10.1. The van der Waals surface area contributed by atoms with Gasteiger partial charge in [0.1, 0.15) is 5.76 Å². The van der Waals surface area contributed by atoms with Crippen molar-refractivity contribution in [3.63, 3.8) is 0 Å². The highest BCUT2D eigenvalue weighted by Gasteiger charge is 2.20. The predicted molar refractivity (Wildman–Crippen MR) is 106 cm³/mol. The van der Waals surface area contributed by atoms with Crippen molar-refractivity contribution in [2.24, 2.45) is 0 Å². The third-order valence-corrected chi connectivity index (χ3v) is 6.22. The molecule has 0 atom stereocenters. The molecular weight excluding hydrogens is 400 g/mol. The molecule has 0 saturated heterocycles. The number of amides is 1. The number of nitrogens with one attached hydrogen (secondary N) is 1. The van der Waals surface area contributed by atoms with E-state index in [-0.39, 0.29) is 17.3 Å². The molecule has 0 aliphatic heterocycles. The van der Waals surface area contributed by atoms with Crippen molar-refractivity contribution in [3.8, 4) is 0 Å². The third-order valence-electron chi connectivity index (χ3n) is 4.15. The van der Waals surface area contributed by atoms with Crippen molar-refractivity contribution in [1.82, 2.24) is 9.62 Å². The minimum Gasteiger partial charge on any atom is -0.467 e. The number of sulfonamides is 1. The molecule has 1 aromatic heterocycles. The maximum Gasteiger partial charge on any atom is 0.251 e. The highest BCUT2D eigenvalue weighted by Crippen LogP contribution is 2.19. The SMILES string of the molecule is CN(Cc1ccc(C(=O)NCc2ccco2)cc1)S(=O)(=O)c1ccc(Cl)cc1. The molecule has 3 rings (SSSR count). The van der Waals surface area contributed by atoms with Gasteiger partial charge in [-0.2, -0.15) is 4.31 Å². The van der Waals surface area contributed by atoms with Crippen molar-refractivity contribution < 1.29 is 17.6 Å². The molecule has 146 valence electrons. The predicted octanol–water partition coefficient (Wildman–Crippen LogP) is 3.68. The minimum atomic E-state index is -3.63. The lowest BCUT2D eigenvalue weighted by Gasteiger charge is -2.17. The van der Waals surface area contributed by atoms with E-state index < -0.39 is 10.0 Å². The third kappa shape index (κ3) is 4.81. The normalized spacial score (nSPS) is 11.5. The number of hydrogen-bond acceptors (Lipinski definition) is 4. The van der Waals surface area contributed by atoms with Gasteiger partial charge >= 0.3 is 0 Å². The zero-order valence-corrected chi connectivity index (χ0v) is 16.7. The Hall–Kier alpha value is -2.61. The highest BCUT2D eigenvalue weighted by atomic mass is 35.5. The summed E-state index contributed by atoms with van der Waals surface area (Å²) in [7, 11) is -2.12. The highest BCUT2D eigenvalue weighted by molar-refractivity contribution is 7.89. The first-order valence-corrected chi connectivity index (χ1v) is 10.3. The Morgan fingerprint density at radius 2 is 1.75 bits per heavy atom. The van der Waals surface area contributed by atoms with Gasteiger partial charge in [0.25, 0.3) is 5.91 Å². The largest absolute Gasteiger partial charge is 0.467 e. The molecule has 1 N–H and O–H groups in total. The fourth-order valence-corrected chi connectivity index (χ4v) is 3.86. The molecule has 28 heavy (non-hydrogen) atoms. The summed E-state index contributed by atoms with van der Waals surface area (Å²) in [5.41, 5.74) is 1.25. The minimum absolute atomic E-state index is 0.174. The molecule has 0 aliphatic carbocycles. The summed E-state index contributed by atoms with van der Waals surface area (Å²) in [5.74, 6) is 0.434. The number of nitrogens with zero attached hydrogens (tertiary/aromatic N) is 1. The molecule has 2 aromatic carbocycles. The van der Waals surface area contributed by atoms with Crippen LogP contribution in [0.15, 0.2) is 76.2 Å². The van der Waals surface area contributed by atoms with Crippen molar-refractivity contribution in [2.75, 3.05) is 7.05 Å². The molecule has 8 heteroatoms. The Balaban J connectivity index is 1.63. The Kier molecular flexibility index (Phi) is 6.18. The van der Waals surface area contributed by atoms with Gasteiger partial charge in [0.05, 0.1) is 17.7 Å². The lowest BCUT2D eigenvalue weighted by Crippen LogP contribution is -2.26. The van der Waals surface area contributed by atoms with E-state index in [4.69, 9.17) is 16.0 Å². The summed E-state index contributed by atoms with van der Waals surface area (Å²) in [6.45, 7) is 0.481. The first-order valence-electron chi connectivity index (χ1n) is 8.48. The average molecular weight is 419 g/mol. The van der Waals surface area contributed by atoms with E-state index in [1.54, 1.807) is 54.8 Å². The summed E-state index contributed by atoms with van der Waals surface area (Å²) < 4.78 is 31.7. The quantitative estimate of drug-likeness (QED) is 0.634. The molecule has 0 spiro atoms. The fraction of sp³-hybridized carbons (Fsp3) is 0.150. The zero-order valence-electron chi connectivity index (χ0n) is 15.1. The van der Waals surface area contributed by atoms with Crippen molar-refractivity contribution in [1.29, 1.82) is 0 Å². The average Bonchev–Trinajstić information content (AvgIpc) is 3.20. The van der Waals surface area contributed by atoms with Crippen LogP contribution in [0.4, 0.5) is 0 Å². The number of halogens is 1. The van der Waals surface area contributed by atoms with Crippen LogP contribution in [0.5, 0.6) is 0 Å². The number of carbonyl (C=O) groups is 1. The second kappa shape index (κ2) is 8.60. The molecule has 0 unspecified atom stereocenters. The Morgan fingerprint density at radius 1 is 1.07 bits per heavy atom. The van der Waals surface area contributed by atoms with E-state index in [1.165, 1.54) is 23.5 Å². The van der Waals surface area contributed by atoms with Crippen LogP contribution in [0.1, 0.15) is 21.7 Å². The van der Waals surface area contributed by atoms with Crippen molar-refractivity contribution >= 4 is 27.5 Å². The Labute approximate surface area is 168 Å². The molecule has 6 nitrogen and oxygen atoms in total. The van der Waals surface area contributed by atoms with Gasteiger partial charge in [0, 0.05) is 24.2 Å². The lowest BCUT2D eigenvalue weighted by molar-refractivity contribution is 0.0948. The molecule has 1 heterocycles. The summed E-state index contributed by atoms with van der Waals surface area (Å²) >= 11 is 5.82. The van der Waals surface area contributed by atoms with E-state index in [2.05, 4.69) is 5.32 Å². The van der Waals surface area contributed by atoms with Gasteiger partial charge in [-0.3, -0.25) is 4.79 Å². The number of benzene rings is 2. The van der Waals surface area contributed by atoms with Gasteiger partial charge in [-0.25, -0.2) is 8.42 Å². The molecule has 0 aliphatic rings. The van der Waals surface area contributed by atoms with E-state index in [9.17, 15) is 13.2 Å². The molecular formula is C20H19ClN2O4S. The number of hydrogen-bond donors (Lipinski definition) is 1.